The number of thiophene rings is 1. The van der Waals surface area contributed by atoms with Gasteiger partial charge >= 0.3 is 0 Å². The molecule has 0 aliphatic heterocycles. The van der Waals surface area contributed by atoms with Gasteiger partial charge in [0.2, 0.25) is 0 Å². The van der Waals surface area contributed by atoms with Crippen LogP contribution in [0.15, 0.2) is 42.5 Å². The number of ether oxygens (including phenoxy) is 1. The number of aryl methyl sites for hydroxylation is 1. The number of hydrogen-bond acceptors (Lipinski definition) is 2. The maximum absolute atomic E-state index is 13.3. The van der Waals surface area contributed by atoms with E-state index < -0.39 is 0 Å². The number of benzene rings is 2. The van der Waals surface area contributed by atoms with Crippen LogP contribution in [0.2, 0.25) is 0 Å². The summed E-state index contributed by atoms with van der Waals surface area (Å²) in [5.74, 6) is 0.664. The predicted molar refractivity (Wildman–Crippen MR) is 90.3 cm³/mol. The molecule has 0 N–H and O–H groups in total. The van der Waals surface area contributed by atoms with Crippen LogP contribution < -0.4 is 4.74 Å². The van der Waals surface area contributed by atoms with Crippen LogP contribution in [0.1, 0.15) is 20.8 Å². The Morgan fingerprint density at radius 3 is 2.67 bits per heavy atom. The Morgan fingerprint density at radius 1 is 1.14 bits per heavy atom. The topological polar surface area (TPSA) is 9.23 Å². The molecule has 0 radical (unpaired) electrons. The molecule has 0 amide bonds. The van der Waals surface area contributed by atoms with E-state index >= 15 is 0 Å². The average molecular weight is 365 g/mol. The summed E-state index contributed by atoms with van der Waals surface area (Å²) in [6, 6.07) is 13.1. The highest BCUT2D eigenvalue weighted by Gasteiger charge is 2.16. The SMILES string of the molecule is COc1ccc(C(Br)c2cc3ccc(F)cc3s2)c(C)c1. The van der Waals surface area contributed by atoms with Crippen LogP contribution in [-0.4, -0.2) is 7.11 Å². The van der Waals surface area contributed by atoms with Gasteiger partial charge in [0, 0.05) is 9.58 Å². The molecule has 3 rings (SSSR count). The van der Waals surface area contributed by atoms with Gasteiger partial charge in [0.1, 0.15) is 11.6 Å². The highest BCUT2D eigenvalue weighted by atomic mass is 79.9. The monoisotopic (exact) mass is 364 g/mol. The van der Waals surface area contributed by atoms with Gasteiger partial charge in [-0.2, -0.15) is 0 Å². The lowest BCUT2D eigenvalue weighted by Gasteiger charge is -2.12. The van der Waals surface area contributed by atoms with Crippen molar-refractivity contribution >= 4 is 37.4 Å². The van der Waals surface area contributed by atoms with Crippen molar-refractivity contribution in [2.75, 3.05) is 7.11 Å². The molecule has 3 aromatic rings. The van der Waals surface area contributed by atoms with Gasteiger partial charge in [0.25, 0.3) is 0 Å². The molecule has 1 heterocycles. The Bertz CT molecular complexity index is 797. The molecule has 4 heteroatoms. The highest BCUT2D eigenvalue weighted by molar-refractivity contribution is 9.09. The van der Waals surface area contributed by atoms with Crippen LogP contribution in [0.5, 0.6) is 5.75 Å². The molecule has 0 aliphatic rings. The second-order valence-electron chi connectivity index (χ2n) is 4.92. The molecule has 1 aromatic heterocycles. The van der Waals surface area contributed by atoms with Crippen LogP contribution in [0, 0.1) is 12.7 Å². The fourth-order valence-corrected chi connectivity index (χ4v) is 4.38. The van der Waals surface area contributed by atoms with Crippen molar-refractivity contribution in [2.45, 2.75) is 11.8 Å². The summed E-state index contributed by atoms with van der Waals surface area (Å²) in [6.45, 7) is 2.07. The highest BCUT2D eigenvalue weighted by Crippen LogP contribution is 2.40. The van der Waals surface area contributed by atoms with E-state index in [9.17, 15) is 4.39 Å². The molecule has 0 saturated heterocycles. The van der Waals surface area contributed by atoms with Crippen molar-refractivity contribution in [1.82, 2.24) is 0 Å². The van der Waals surface area contributed by atoms with Crippen molar-refractivity contribution in [3.63, 3.8) is 0 Å². The normalized spacial score (nSPS) is 12.6. The van der Waals surface area contributed by atoms with Crippen LogP contribution in [0.4, 0.5) is 4.39 Å². The molecule has 0 aliphatic carbocycles. The zero-order chi connectivity index (χ0) is 15.0. The van der Waals surface area contributed by atoms with Crippen molar-refractivity contribution in [3.8, 4) is 5.75 Å². The summed E-state index contributed by atoms with van der Waals surface area (Å²) >= 11 is 5.38. The Hall–Kier alpha value is -1.39. The van der Waals surface area contributed by atoms with Crippen molar-refractivity contribution in [1.29, 1.82) is 0 Å². The molecule has 1 atom stereocenters. The predicted octanol–water partition coefficient (Wildman–Crippen LogP) is 5.84. The Kier molecular flexibility index (Phi) is 4.00. The van der Waals surface area contributed by atoms with Crippen LogP contribution in [0.3, 0.4) is 0 Å². The minimum atomic E-state index is -0.192. The molecule has 2 aromatic carbocycles. The summed E-state index contributed by atoms with van der Waals surface area (Å²) in [5, 5.41) is 1.08. The second-order valence-corrected chi connectivity index (χ2v) is 6.95. The van der Waals surface area contributed by atoms with E-state index in [1.54, 1.807) is 24.5 Å². The largest absolute Gasteiger partial charge is 0.497 e. The summed E-state index contributed by atoms with van der Waals surface area (Å²) in [6.07, 6.45) is 0. The van der Waals surface area contributed by atoms with Gasteiger partial charge in [0.05, 0.1) is 11.9 Å². The number of fused-ring (bicyclic) bond motifs is 1. The third-order valence-corrected chi connectivity index (χ3v) is 5.95. The fraction of sp³-hybridized carbons (Fsp3) is 0.176. The summed E-state index contributed by atoms with van der Waals surface area (Å²) in [7, 11) is 1.67. The van der Waals surface area contributed by atoms with Crippen molar-refractivity contribution in [2.24, 2.45) is 0 Å². The van der Waals surface area contributed by atoms with E-state index in [2.05, 4.69) is 35.0 Å². The second kappa shape index (κ2) is 5.78. The minimum Gasteiger partial charge on any atom is -0.497 e. The van der Waals surface area contributed by atoms with E-state index in [4.69, 9.17) is 4.74 Å². The van der Waals surface area contributed by atoms with Crippen molar-refractivity contribution < 1.29 is 9.13 Å². The first-order chi connectivity index (χ1) is 10.1. The average Bonchev–Trinajstić information content (AvgIpc) is 2.89. The third kappa shape index (κ3) is 2.83. The van der Waals surface area contributed by atoms with E-state index in [1.165, 1.54) is 22.1 Å². The number of rotatable bonds is 3. The number of halogens is 2. The van der Waals surface area contributed by atoms with Gasteiger partial charge in [-0.25, -0.2) is 4.39 Å². The first kappa shape index (κ1) is 14.5. The molecule has 0 bridgehead atoms. The molecule has 1 unspecified atom stereocenters. The van der Waals surface area contributed by atoms with Gasteiger partial charge < -0.3 is 4.74 Å². The number of methoxy groups -OCH3 is 1. The lowest BCUT2D eigenvalue weighted by molar-refractivity contribution is 0.414. The zero-order valence-corrected chi connectivity index (χ0v) is 14.1. The van der Waals surface area contributed by atoms with Gasteiger partial charge in [-0.15, -0.1) is 11.3 Å². The van der Waals surface area contributed by atoms with E-state index in [0.29, 0.717) is 0 Å². The Labute approximate surface area is 135 Å². The maximum Gasteiger partial charge on any atom is 0.124 e. The molecule has 108 valence electrons. The lowest BCUT2D eigenvalue weighted by Crippen LogP contribution is -1.94. The third-order valence-electron chi connectivity index (χ3n) is 3.50. The molecular formula is C17H14BrFOS. The minimum absolute atomic E-state index is 0.101. The number of hydrogen-bond donors (Lipinski definition) is 0. The van der Waals surface area contributed by atoms with Crippen LogP contribution >= 0.6 is 27.3 Å². The summed E-state index contributed by atoms with van der Waals surface area (Å²) in [4.78, 5) is 1.27. The van der Waals surface area contributed by atoms with E-state index in [1.807, 2.05) is 18.2 Å². The molecule has 0 spiro atoms. The number of alkyl halides is 1. The fourth-order valence-electron chi connectivity index (χ4n) is 2.36. The van der Waals surface area contributed by atoms with Crippen LogP contribution in [0.25, 0.3) is 10.1 Å². The maximum atomic E-state index is 13.3. The molecule has 21 heavy (non-hydrogen) atoms. The zero-order valence-electron chi connectivity index (χ0n) is 11.7. The van der Waals surface area contributed by atoms with E-state index in [-0.39, 0.29) is 10.6 Å². The van der Waals surface area contributed by atoms with Crippen LogP contribution in [-0.2, 0) is 0 Å². The first-order valence-corrected chi connectivity index (χ1v) is 8.29. The van der Waals surface area contributed by atoms with Gasteiger partial charge in [0.15, 0.2) is 0 Å². The van der Waals surface area contributed by atoms with Crippen molar-refractivity contribution in [3.05, 3.63) is 64.3 Å². The van der Waals surface area contributed by atoms with Gasteiger partial charge in [-0.3, -0.25) is 0 Å². The first-order valence-electron chi connectivity index (χ1n) is 6.56. The van der Waals surface area contributed by atoms with E-state index in [0.717, 1.165) is 15.8 Å². The summed E-state index contributed by atoms with van der Waals surface area (Å²) < 4.78 is 19.5. The molecular weight excluding hydrogens is 351 g/mol. The molecule has 0 fully saturated rings. The molecule has 0 saturated carbocycles. The Morgan fingerprint density at radius 2 is 1.95 bits per heavy atom. The lowest BCUT2D eigenvalue weighted by atomic mass is 10.0. The Balaban J connectivity index is 2.01. The standard InChI is InChI=1S/C17H14BrFOS/c1-10-7-13(20-2)5-6-14(10)17(18)16-8-11-3-4-12(19)9-15(11)21-16/h3-9,17H,1-2H3. The van der Waals surface area contributed by atoms with Gasteiger partial charge in [-0.05, 0) is 53.8 Å². The van der Waals surface area contributed by atoms with Gasteiger partial charge in [-0.1, -0.05) is 28.1 Å². The summed E-state index contributed by atoms with van der Waals surface area (Å²) in [5.41, 5.74) is 2.36. The smallest absolute Gasteiger partial charge is 0.124 e. The quantitative estimate of drug-likeness (QED) is 0.530. The molecule has 1 nitrogen and oxygen atoms in total.